The van der Waals surface area contributed by atoms with Crippen molar-refractivity contribution in [3.63, 3.8) is 0 Å². The van der Waals surface area contributed by atoms with Gasteiger partial charge in [-0.05, 0) is 12.8 Å². The average Bonchev–Trinajstić information content (AvgIpc) is 2.60. The molecule has 4 nitrogen and oxygen atoms in total. The van der Waals surface area contributed by atoms with Crippen LogP contribution in [0.25, 0.3) is 0 Å². The summed E-state index contributed by atoms with van der Waals surface area (Å²) in [7, 11) is 0. The first-order valence-corrected chi connectivity index (χ1v) is 6.81. The third kappa shape index (κ3) is 3.80. The molecule has 0 saturated heterocycles. The Hall–Kier alpha value is -0.900. The van der Waals surface area contributed by atoms with Gasteiger partial charge >= 0.3 is 0 Å². The summed E-state index contributed by atoms with van der Waals surface area (Å²) in [6.07, 6.45) is 7.76. The molecule has 4 heteroatoms. The van der Waals surface area contributed by atoms with Gasteiger partial charge in [0.25, 0.3) is 0 Å². The second-order valence-electron chi connectivity index (χ2n) is 5.27. The molecule has 0 radical (unpaired) electrons. The molecule has 1 aromatic rings. The van der Waals surface area contributed by atoms with E-state index in [9.17, 15) is 0 Å². The predicted octanol–water partition coefficient (Wildman–Crippen LogP) is 3.01. The Morgan fingerprint density at radius 2 is 1.94 bits per heavy atom. The minimum Gasteiger partial charge on any atom is -0.338 e. The predicted molar refractivity (Wildman–Crippen MR) is 66.7 cm³/mol. The Morgan fingerprint density at radius 1 is 1.24 bits per heavy atom. The lowest BCUT2D eigenvalue weighted by Crippen LogP contribution is -2.22. The standard InChI is InChI=1S/C13H23N3O/c1-10(2)14-9-12-15-13(16-17-12)11-7-5-3-4-6-8-11/h10-11,14H,3-9H2,1-2H3. The van der Waals surface area contributed by atoms with Crippen molar-refractivity contribution in [2.75, 3.05) is 0 Å². The lowest BCUT2D eigenvalue weighted by Gasteiger charge is -2.07. The number of nitrogens with zero attached hydrogens (tertiary/aromatic N) is 2. The molecule has 0 unspecified atom stereocenters. The van der Waals surface area contributed by atoms with Crippen LogP contribution >= 0.6 is 0 Å². The number of hydrogen-bond acceptors (Lipinski definition) is 4. The smallest absolute Gasteiger partial charge is 0.240 e. The van der Waals surface area contributed by atoms with Gasteiger partial charge in [0, 0.05) is 12.0 Å². The molecule has 0 aromatic carbocycles. The maximum Gasteiger partial charge on any atom is 0.240 e. The van der Waals surface area contributed by atoms with Gasteiger partial charge in [0.15, 0.2) is 5.82 Å². The summed E-state index contributed by atoms with van der Waals surface area (Å²) in [5.41, 5.74) is 0. The molecule has 1 aromatic heterocycles. The maximum absolute atomic E-state index is 5.29. The molecule has 0 aliphatic heterocycles. The molecule has 2 rings (SSSR count). The Labute approximate surface area is 103 Å². The first kappa shape index (κ1) is 12.6. The Kier molecular flexibility index (Phi) is 4.54. The van der Waals surface area contributed by atoms with Gasteiger partial charge in [-0.3, -0.25) is 0 Å². The Balaban J connectivity index is 1.92. The zero-order valence-electron chi connectivity index (χ0n) is 10.9. The molecular formula is C13H23N3O. The van der Waals surface area contributed by atoms with E-state index in [0.717, 1.165) is 11.7 Å². The van der Waals surface area contributed by atoms with E-state index < -0.39 is 0 Å². The second kappa shape index (κ2) is 6.15. The number of aromatic nitrogens is 2. The molecular weight excluding hydrogens is 214 g/mol. The van der Waals surface area contributed by atoms with Crippen LogP contribution in [-0.2, 0) is 6.54 Å². The van der Waals surface area contributed by atoms with Crippen LogP contribution in [0.5, 0.6) is 0 Å². The van der Waals surface area contributed by atoms with Crippen molar-refractivity contribution in [2.45, 2.75) is 70.9 Å². The summed E-state index contributed by atoms with van der Waals surface area (Å²) < 4.78 is 5.29. The van der Waals surface area contributed by atoms with Crippen LogP contribution in [0.1, 0.15) is 70.0 Å². The fourth-order valence-electron chi connectivity index (χ4n) is 2.33. The molecule has 1 N–H and O–H groups in total. The van der Waals surface area contributed by atoms with Crippen molar-refractivity contribution in [3.8, 4) is 0 Å². The number of hydrogen-bond donors (Lipinski definition) is 1. The van der Waals surface area contributed by atoms with E-state index in [2.05, 4.69) is 29.3 Å². The van der Waals surface area contributed by atoms with Crippen LogP contribution in [0.3, 0.4) is 0 Å². The monoisotopic (exact) mass is 237 g/mol. The molecule has 17 heavy (non-hydrogen) atoms. The van der Waals surface area contributed by atoms with Crippen LogP contribution < -0.4 is 5.32 Å². The van der Waals surface area contributed by atoms with E-state index >= 15 is 0 Å². The molecule has 0 spiro atoms. The maximum atomic E-state index is 5.29. The van der Waals surface area contributed by atoms with Gasteiger partial charge in [-0.25, -0.2) is 0 Å². The fraction of sp³-hybridized carbons (Fsp3) is 0.846. The largest absolute Gasteiger partial charge is 0.338 e. The van der Waals surface area contributed by atoms with Gasteiger partial charge in [0.1, 0.15) is 0 Å². The topological polar surface area (TPSA) is 51.0 Å². The van der Waals surface area contributed by atoms with Crippen LogP contribution in [0.15, 0.2) is 4.52 Å². The van der Waals surface area contributed by atoms with Gasteiger partial charge in [0.05, 0.1) is 6.54 Å². The van der Waals surface area contributed by atoms with Crippen LogP contribution in [0, 0.1) is 0 Å². The van der Waals surface area contributed by atoms with Gasteiger partial charge in [-0.2, -0.15) is 4.98 Å². The highest BCUT2D eigenvalue weighted by molar-refractivity contribution is 4.96. The van der Waals surface area contributed by atoms with E-state index in [1.54, 1.807) is 0 Å². The van der Waals surface area contributed by atoms with Crippen molar-refractivity contribution in [3.05, 3.63) is 11.7 Å². The zero-order chi connectivity index (χ0) is 12.1. The molecule has 1 saturated carbocycles. The molecule has 1 fully saturated rings. The SMILES string of the molecule is CC(C)NCc1nc(C2CCCCCC2)no1. The van der Waals surface area contributed by atoms with Gasteiger partial charge < -0.3 is 9.84 Å². The molecule has 0 bridgehead atoms. The summed E-state index contributed by atoms with van der Waals surface area (Å²) in [4.78, 5) is 4.51. The number of rotatable bonds is 4. The Bertz CT molecular complexity index is 327. The van der Waals surface area contributed by atoms with E-state index in [0.29, 0.717) is 18.5 Å². The summed E-state index contributed by atoms with van der Waals surface area (Å²) in [6, 6.07) is 0.447. The molecule has 1 heterocycles. The Morgan fingerprint density at radius 3 is 2.59 bits per heavy atom. The van der Waals surface area contributed by atoms with Crippen molar-refractivity contribution < 1.29 is 4.52 Å². The van der Waals surface area contributed by atoms with Crippen LogP contribution in [0.2, 0.25) is 0 Å². The van der Waals surface area contributed by atoms with Crippen molar-refractivity contribution in [2.24, 2.45) is 0 Å². The summed E-state index contributed by atoms with van der Waals surface area (Å²) in [5, 5.41) is 7.43. The van der Waals surface area contributed by atoms with E-state index in [-0.39, 0.29) is 0 Å². The first-order chi connectivity index (χ1) is 8.25. The minimum atomic E-state index is 0.447. The van der Waals surface area contributed by atoms with Crippen molar-refractivity contribution in [1.29, 1.82) is 0 Å². The van der Waals surface area contributed by atoms with Crippen molar-refractivity contribution >= 4 is 0 Å². The van der Waals surface area contributed by atoms with Crippen LogP contribution in [-0.4, -0.2) is 16.2 Å². The molecule has 0 amide bonds. The molecule has 1 aliphatic rings. The molecule has 0 atom stereocenters. The lowest BCUT2D eigenvalue weighted by molar-refractivity contribution is 0.353. The lowest BCUT2D eigenvalue weighted by atomic mass is 10.00. The van der Waals surface area contributed by atoms with Gasteiger partial charge in [-0.15, -0.1) is 0 Å². The quantitative estimate of drug-likeness (QED) is 0.818. The third-order valence-electron chi connectivity index (χ3n) is 3.37. The molecule has 1 aliphatic carbocycles. The van der Waals surface area contributed by atoms with E-state index in [4.69, 9.17) is 4.52 Å². The van der Waals surface area contributed by atoms with Gasteiger partial charge in [0.2, 0.25) is 5.89 Å². The summed E-state index contributed by atoms with van der Waals surface area (Å²) >= 11 is 0. The highest BCUT2D eigenvalue weighted by Gasteiger charge is 2.19. The first-order valence-electron chi connectivity index (χ1n) is 6.81. The highest BCUT2D eigenvalue weighted by atomic mass is 16.5. The summed E-state index contributed by atoms with van der Waals surface area (Å²) in [6.45, 7) is 4.91. The van der Waals surface area contributed by atoms with E-state index in [1.165, 1.54) is 38.5 Å². The fourth-order valence-corrected chi connectivity index (χ4v) is 2.33. The second-order valence-corrected chi connectivity index (χ2v) is 5.27. The van der Waals surface area contributed by atoms with Crippen molar-refractivity contribution in [1.82, 2.24) is 15.5 Å². The zero-order valence-corrected chi connectivity index (χ0v) is 10.9. The highest BCUT2D eigenvalue weighted by Crippen LogP contribution is 2.29. The molecule has 96 valence electrons. The minimum absolute atomic E-state index is 0.447. The summed E-state index contributed by atoms with van der Waals surface area (Å²) in [5.74, 6) is 2.17. The van der Waals surface area contributed by atoms with Crippen LogP contribution in [0.4, 0.5) is 0 Å². The number of nitrogens with one attached hydrogen (secondary N) is 1. The average molecular weight is 237 g/mol. The van der Waals surface area contributed by atoms with E-state index in [1.807, 2.05) is 0 Å². The third-order valence-corrected chi connectivity index (χ3v) is 3.37. The van der Waals surface area contributed by atoms with Gasteiger partial charge in [-0.1, -0.05) is 44.7 Å². The normalized spacial score (nSPS) is 18.5.